The number of thioether (sulfide) groups is 1. The molecule has 9 heteroatoms. The van der Waals surface area contributed by atoms with Crippen molar-refractivity contribution in [2.75, 3.05) is 26.5 Å². The SMILES string of the molecule is COc1cc(Br)c(CCNC(=O)CSc2nncn2-c2ccc(C)cc2)cc1OC. The van der Waals surface area contributed by atoms with Crippen LogP contribution in [0.3, 0.4) is 0 Å². The summed E-state index contributed by atoms with van der Waals surface area (Å²) in [6.45, 7) is 2.55. The number of hydrogen-bond acceptors (Lipinski definition) is 6. The second kappa shape index (κ2) is 10.5. The molecular weight excluding hydrogens is 468 g/mol. The van der Waals surface area contributed by atoms with Crippen LogP contribution in [0, 0.1) is 6.92 Å². The molecule has 1 amide bonds. The molecule has 1 N–H and O–H groups in total. The van der Waals surface area contributed by atoms with Crippen LogP contribution in [-0.2, 0) is 11.2 Å². The highest BCUT2D eigenvalue weighted by atomic mass is 79.9. The van der Waals surface area contributed by atoms with Crippen LogP contribution in [0.2, 0.25) is 0 Å². The first-order valence-electron chi connectivity index (χ1n) is 9.28. The van der Waals surface area contributed by atoms with Crippen LogP contribution in [0.1, 0.15) is 11.1 Å². The molecule has 0 saturated carbocycles. The summed E-state index contributed by atoms with van der Waals surface area (Å²) in [5.41, 5.74) is 3.17. The summed E-state index contributed by atoms with van der Waals surface area (Å²) >= 11 is 4.89. The lowest BCUT2D eigenvalue weighted by atomic mass is 10.1. The lowest BCUT2D eigenvalue weighted by Gasteiger charge is -2.12. The van der Waals surface area contributed by atoms with Gasteiger partial charge >= 0.3 is 0 Å². The zero-order chi connectivity index (χ0) is 21.5. The Labute approximate surface area is 188 Å². The Morgan fingerprint density at radius 2 is 1.87 bits per heavy atom. The van der Waals surface area contributed by atoms with Gasteiger partial charge in [-0.25, -0.2) is 0 Å². The summed E-state index contributed by atoms with van der Waals surface area (Å²) in [5.74, 6) is 1.52. The molecule has 0 atom stereocenters. The van der Waals surface area contributed by atoms with Gasteiger partial charge in [-0.2, -0.15) is 0 Å². The summed E-state index contributed by atoms with van der Waals surface area (Å²) in [6.07, 6.45) is 2.32. The quantitative estimate of drug-likeness (QED) is 0.459. The predicted octanol–water partition coefficient (Wildman–Crippen LogP) is 3.81. The minimum Gasteiger partial charge on any atom is -0.493 e. The van der Waals surface area contributed by atoms with Crippen LogP contribution in [0.15, 0.2) is 52.4 Å². The molecule has 1 heterocycles. The van der Waals surface area contributed by atoms with Crippen molar-refractivity contribution in [3.05, 3.63) is 58.3 Å². The fourth-order valence-electron chi connectivity index (χ4n) is 2.81. The van der Waals surface area contributed by atoms with Gasteiger partial charge in [-0.3, -0.25) is 9.36 Å². The van der Waals surface area contributed by atoms with Crippen molar-refractivity contribution in [3.8, 4) is 17.2 Å². The molecule has 0 fully saturated rings. The highest BCUT2D eigenvalue weighted by molar-refractivity contribution is 9.10. The predicted molar refractivity (Wildman–Crippen MR) is 121 cm³/mol. The second-order valence-corrected chi connectivity index (χ2v) is 8.30. The number of ether oxygens (including phenoxy) is 2. The Bertz CT molecular complexity index is 1010. The third kappa shape index (κ3) is 5.54. The third-order valence-electron chi connectivity index (χ3n) is 4.43. The summed E-state index contributed by atoms with van der Waals surface area (Å²) in [4.78, 5) is 12.3. The van der Waals surface area contributed by atoms with Crippen molar-refractivity contribution in [3.63, 3.8) is 0 Å². The number of halogens is 1. The molecule has 0 bridgehead atoms. The van der Waals surface area contributed by atoms with Gasteiger partial charge in [-0.15, -0.1) is 10.2 Å². The average molecular weight is 491 g/mol. The molecule has 3 rings (SSSR count). The number of hydrogen-bond donors (Lipinski definition) is 1. The van der Waals surface area contributed by atoms with Crippen molar-refractivity contribution >= 4 is 33.6 Å². The normalized spacial score (nSPS) is 10.7. The number of methoxy groups -OCH3 is 2. The average Bonchev–Trinajstić information content (AvgIpc) is 3.22. The summed E-state index contributed by atoms with van der Waals surface area (Å²) in [5, 5.41) is 11.7. The number of benzene rings is 2. The topological polar surface area (TPSA) is 78.3 Å². The van der Waals surface area contributed by atoms with Gasteiger partial charge in [0.25, 0.3) is 0 Å². The van der Waals surface area contributed by atoms with Crippen LogP contribution in [0.4, 0.5) is 0 Å². The van der Waals surface area contributed by atoms with Crippen molar-refractivity contribution in [1.29, 1.82) is 0 Å². The molecule has 7 nitrogen and oxygen atoms in total. The molecule has 3 aromatic rings. The molecule has 0 unspecified atom stereocenters. The molecule has 0 aliphatic rings. The summed E-state index contributed by atoms with van der Waals surface area (Å²) < 4.78 is 13.4. The Morgan fingerprint density at radius 1 is 1.17 bits per heavy atom. The van der Waals surface area contributed by atoms with Crippen LogP contribution in [0.5, 0.6) is 11.5 Å². The van der Waals surface area contributed by atoms with Gasteiger partial charge < -0.3 is 14.8 Å². The van der Waals surface area contributed by atoms with E-state index >= 15 is 0 Å². The van der Waals surface area contributed by atoms with E-state index in [4.69, 9.17) is 9.47 Å². The molecule has 0 aliphatic heterocycles. The van der Waals surface area contributed by atoms with Gasteiger partial charge in [0.15, 0.2) is 16.7 Å². The van der Waals surface area contributed by atoms with Crippen LogP contribution >= 0.6 is 27.7 Å². The minimum absolute atomic E-state index is 0.0601. The monoisotopic (exact) mass is 490 g/mol. The fraction of sp³-hybridized carbons (Fsp3) is 0.286. The number of carbonyl (C=O) groups excluding carboxylic acids is 1. The maximum atomic E-state index is 12.3. The van der Waals surface area contributed by atoms with Crippen LogP contribution < -0.4 is 14.8 Å². The molecule has 0 saturated heterocycles. The molecule has 158 valence electrons. The van der Waals surface area contributed by atoms with Gasteiger partial charge in [-0.1, -0.05) is 45.4 Å². The largest absolute Gasteiger partial charge is 0.493 e. The van der Waals surface area contributed by atoms with Crippen LogP contribution in [0.25, 0.3) is 5.69 Å². The number of aromatic nitrogens is 3. The molecular formula is C21H23BrN4O3S. The highest BCUT2D eigenvalue weighted by Gasteiger charge is 2.12. The lowest BCUT2D eigenvalue weighted by molar-refractivity contribution is -0.118. The smallest absolute Gasteiger partial charge is 0.230 e. The first-order chi connectivity index (χ1) is 14.5. The van der Waals surface area contributed by atoms with Gasteiger partial charge in [0.1, 0.15) is 6.33 Å². The first kappa shape index (κ1) is 22.2. The zero-order valence-corrected chi connectivity index (χ0v) is 19.4. The number of amides is 1. The van der Waals surface area contributed by atoms with Crippen molar-refractivity contribution < 1.29 is 14.3 Å². The van der Waals surface area contributed by atoms with E-state index in [9.17, 15) is 4.79 Å². The van der Waals surface area contributed by atoms with Gasteiger partial charge in [0, 0.05) is 16.7 Å². The minimum atomic E-state index is -0.0601. The summed E-state index contributed by atoms with van der Waals surface area (Å²) in [7, 11) is 3.20. The molecule has 2 aromatic carbocycles. The van der Waals surface area contributed by atoms with Crippen molar-refractivity contribution in [2.24, 2.45) is 0 Å². The van der Waals surface area contributed by atoms with E-state index in [-0.39, 0.29) is 11.7 Å². The lowest BCUT2D eigenvalue weighted by Crippen LogP contribution is -2.27. The van der Waals surface area contributed by atoms with E-state index in [1.165, 1.54) is 17.3 Å². The third-order valence-corrected chi connectivity index (χ3v) is 6.11. The maximum absolute atomic E-state index is 12.3. The van der Waals surface area contributed by atoms with Gasteiger partial charge in [-0.05, 0) is 43.2 Å². The Morgan fingerprint density at radius 3 is 2.57 bits per heavy atom. The van der Waals surface area contributed by atoms with Crippen LogP contribution in [-0.4, -0.2) is 47.2 Å². The maximum Gasteiger partial charge on any atom is 0.230 e. The van der Waals surface area contributed by atoms with E-state index < -0.39 is 0 Å². The number of nitrogens with zero attached hydrogens (tertiary/aromatic N) is 3. The Hall–Kier alpha value is -2.52. The summed E-state index contributed by atoms with van der Waals surface area (Å²) in [6, 6.07) is 11.8. The molecule has 0 radical (unpaired) electrons. The van der Waals surface area contributed by atoms with E-state index in [1.807, 2.05) is 47.9 Å². The van der Waals surface area contributed by atoms with Gasteiger partial charge in [0.05, 0.1) is 20.0 Å². The highest BCUT2D eigenvalue weighted by Crippen LogP contribution is 2.33. The number of aryl methyl sites for hydroxylation is 1. The fourth-order valence-corrected chi connectivity index (χ4v) is 4.09. The number of rotatable bonds is 9. The zero-order valence-electron chi connectivity index (χ0n) is 17.0. The first-order valence-corrected chi connectivity index (χ1v) is 11.1. The standard InChI is InChI=1S/C21H23BrN4O3S/c1-14-4-6-16(7-5-14)26-13-24-25-21(26)30-12-20(27)23-9-8-15-10-18(28-2)19(29-3)11-17(15)22/h4-7,10-11,13H,8-9,12H2,1-3H3,(H,23,27). The molecule has 0 spiro atoms. The molecule has 1 aromatic heterocycles. The van der Waals surface area contributed by atoms with E-state index in [0.717, 1.165) is 15.7 Å². The van der Waals surface area contributed by atoms with Crippen molar-refractivity contribution in [2.45, 2.75) is 18.5 Å². The van der Waals surface area contributed by atoms with E-state index in [1.54, 1.807) is 20.5 Å². The molecule has 0 aliphatic carbocycles. The Balaban J connectivity index is 1.52. The second-order valence-electron chi connectivity index (χ2n) is 6.51. The van der Waals surface area contributed by atoms with E-state index in [0.29, 0.717) is 29.6 Å². The van der Waals surface area contributed by atoms with Gasteiger partial charge in [0.2, 0.25) is 5.91 Å². The van der Waals surface area contributed by atoms with Crippen molar-refractivity contribution in [1.82, 2.24) is 20.1 Å². The van der Waals surface area contributed by atoms with E-state index in [2.05, 4.69) is 31.4 Å². The molecule has 30 heavy (non-hydrogen) atoms. The number of nitrogens with one attached hydrogen (secondary N) is 1. The number of carbonyl (C=O) groups is 1. The Kier molecular flexibility index (Phi) is 7.75.